The second-order valence-electron chi connectivity index (χ2n) is 4.07. The molecule has 0 bridgehead atoms. The van der Waals surface area contributed by atoms with Crippen molar-refractivity contribution in [3.63, 3.8) is 0 Å². The molecule has 0 amide bonds. The van der Waals surface area contributed by atoms with Crippen LogP contribution in [0.25, 0.3) is 0 Å². The van der Waals surface area contributed by atoms with E-state index in [1.54, 1.807) is 0 Å². The van der Waals surface area contributed by atoms with Crippen LogP contribution in [0, 0.1) is 18.2 Å². The van der Waals surface area contributed by atoms with E-state index < -0.39 is 11.5 Å². The molecule has 0 saturated carbocycles. The Morgan fingerprint density at radius 2 is 2.41 bits per heavy atom. The fraction of sp³-hybridized carbons (Fsp3) is 0.308. The van der Waals surface area contributed by atoms with E-state index in [1.807, 2.05) is 0 Å². The number of aryl methyl sites for hydroxylation is 1. The number of aliphatic carboxylic acids is 1. The van der Waals surface area contributed by atoms with Gasteiger partial charge >= 0.3 is 5.97 Å². The molecule has 0 aliphatic heterocycles. The van der Waals surface area contributed by atoms with Gasteiger partial charge in [0, 0.05) is 0 Å². The average Bonchev–Trinajstić information content (AvgIpc) is 2.65. The molecule has 2 N–H and O–H groups in total. The van der Waals surface area contributed by atoms with Crippen molar-refractivity contribution in [1.29, 1.82) is 0 Å². The summed E-state index contributed by atoms with van der Waals surface area (Å²) < 4.78 is 13.1. The van der Waals surface area contributed by atoms with Gasteiger partial charge in [0.05, 0.1) is 6.54 Å². The van der Waals surface area contributed by atoms with E-state index in [0.717, 1.165) is 5.56 Å². The van der Waals surface area contributed by atoms with Gasteiger partial charge in [-0.1, -0.05) is 12.0 Å². The Kier molecular flexibility index (Phi) is 2.86. The Labute approximate surface area is 98.7 Å². The summed E-state index contributed by atoms with van der Waals surface area (Å²) in [6, 6.07) is 4.19. The topological polar surface area (TPSA) is 49.3 Å². The van der Waals surface area contributed by atoms with Crippen LogP contribution in [0.15, 0.2) is 18.2 Å². The monoisotopic (exact) mass is 233 g/mol. The van der Waals surface area contributed by atoms with Gasteiger partial charge in [-0.25, -0.2) is 9.18 Å². The fourth-order valence-electron chi connectivity index (χ4n) is 2.33. The zero-order valence-electron chi connectivity index (χ0n) is 9.16. The van der Waals surface area contributed by atoms with Crippen molar-refractivity contribution < 1.29 is 14.3 Å². The number of halogens is 1. The number of hydrogen-bond donors (Lipinski definition) is 2. The van der Waals surface area contributed by atoms with E-state index in [-0.39, 0.29) is 12.4 Å². The van der Waals surface area contributed by atoms with Crippen LogP contribution >= 0.6 is 0 Å². The Hall–Kier alpha value is -1.86. The van der Waals surface area contributed by atoms with Gasteiger partial charge < -0.3 is 5.11 Å². The summed E-state index contributed by atoms with van der Waals surface area (Å²) in [5.74, 6) is 1.05. The van der Waals surface area contributed by atoms with Crippen LogP contribution in [-0.4, -0.2) is 17.6 Å². The second kappa shape index (κ2) is 4.19. The lowest BCUT2D eigenvalue weighted by Crippen LogP contribution is -2.47. The zero-order valence-corrected chi connectivity index (χ0v) is 9.16. The molecule has 17 heavy (non-hydrogen) atoms. The van der Waals surface area contributed by atoms with Crippen molar-refractivity contribution in [2.45, 2.75) is 18.4 Å². The Morgan fingerprint density at radius 3 is 3.06 bits per heavy atom. The van der Waals surface area contributed by atoms with Crippen LogP contribution in [0.1, 0.15) is 17.5 Å². The number of carboxylic acid groups (broad SMARTS) is 1. The standard InChI is InChI=1S/C13H12FNO2/c1-2-7-15-13(12(16)17)6-5-9-8-10(14)3-4-11(9)13/h1,3-4,8,15H,5-7H2,(H,16,17). The minimum Gasteiger partial charge on any atom is -0.480 e. The molecule has 4 heteroatoms. The quantitative estimate of drug-likeness (QED) is 0.773. The van der Waals surface area contributed by atoms with Gasteiger partial charge in [0.1, 0.15) is 11.4 Å². The molecular weight excluding hydrogens is 221 g/mol. The number of nitrogens with one attached hydrogen (secondary N) is 1. The molecule has 1 aliphatic carbocycles. The molecule has 1 aliphatic rings. The molecule has 88 valence electrons. The smallest absolute Gasteiger partial charge is 0.328 e. The van der Waals surface area contributed by atoms with Crippen molar-refractivity contribution in [2.75, 3.05) is 6.54 Å². The van der Waals surface area contributed by atoms with Crippen molar-refractivity contribution in [3.05, 3.63) is 35.1 Å². The van der Waals surface area contributed by atoms with Crippen LogP contribution in [-0.2, 0) is 16.8 Å². The Balaban J connectivity index is 2.46. The van der Waals surface area contributed by atoms with E-state index in [2.05, 4.69) is 11.2 Å². The van der Waals surface area contributed by atoms with Gasteiger partial charge in [-0.05, 0) is 36.1 Å². The molecular formula is C13H12FNO2. The van der Waals surface area contributed by atoms with Gasteiger partial charge in [-0.3, -0.25) is 5.32 Å². The Bertz CT molecular complexity index is 507. The van der Waals surface area contributed by atoms with Crippen molar-refractivity contribution in [3.8, 4) is 12.3 Å². The third-order valence-corrected chi connectivity index (χ3v) is 3.15. The lowest BCUT2D eigenvalue weighted by Gasteiger charge is -2.26. The lowest BCUT2D eigenvalue weighted by molar-refractivity contribution is -0.145. The van der Waals surface area contributed by atoms with Crippen molar-refractivity contribution >= 4 is 5.97 Å². The van der Waals surface area contributed by atoms with Crippen LogP contribution in [0.2, 0.25) is 0 Å². The number of fused-ring (bicyclic) bond motifs is 1. The van der Waals surface area contributed by atoms with Crippen LogP contribution in [0.4, 0.5) is 4.39 Å². The molecule has 0 saturated heterocycles. The van der Waals surface area contributed by atoms with E-state index in [1.165, 1.54) is 18.2 Å². The van der Waals surface area contributed by atoms with Gasteiger partial charge in [0.15, 0.2) is 0 Å². The summed E-state index contributed by atoms with van der Waals surface area (Å²) >= 11 is 0. The predicted octanol–water partition coefficient (Wildman–Crippen LogP) is 1.27. The zero-order chi connectivity index (χ0) is 12.5. The third-order valence-electron chi connectivity index (χ3n) is 3.15. The minimum absolute atomic E-state index is 0.170. The highest BCUT2D eigenvalue weighted by Crippen LogP contribution is 2.37. The average molecular weight is 233 g/mol. The fourth-order valence-corrected chi connectivity index (χ4v) is 2.33. The van der Waals surface area contributed by atoms with E-state index in [9.17, 15) is 14.3 Å². The molecule has 0 spiro atoms. The first kappa shape index (κ1) is 11.6. The summed E-state index contributed by atoms with van der Waals surface area (Å²) in [7, 11) is 0. The summed E-state index contributed by atoms with van der Waals surface area (Å²) in [5, 5.41) is 12.2. The highest BCUT2D eigenvalue weighted by Gasteiger charge is 2.45. The number of carbonyl (C=O) groups is 1. The van der Waals surface area contributed by atoms with Gasteiger partial charge in [-0.2, -0.15) is 0 Å². The molecule has 1 unspecified atom stereocenters. The van der Waals surface area contributed by atoms with Gasteiger partial charge in [-0.15, -0.1) is 6.42 Å². The predicted molar refractivity (Wildman–Crippen MR) is 60.9 cm³/mol. The van der Waals surface area contributed by atoms with Crippen LogP contribution in [0.3, 0.4) is 0 Å². The molecule has 1 atom stereocenters. The highest BCUT2D eigenvalue weighted by atomic mass is 19.1. The summed E-state index contributed by atoms with van der Waals surface area (Å²) in [4.78, 5) is 11.5. The molecule has 1 aromatic rings. The first-order chi connectivity index (χ1) is 8.10. The highest BCUT2D eigenvalue weighted by molar-refractivity contribution is 5.82. The van der Waals surface area contributed by atoms with Crippen LogP contribution in [0.5, 0.6) is 0 Å². The Morgan fingerprint density at radius 1 is 1.65 bits per heavy atom. The second-order valence-corrected chi connectivity index (χ2v) is 4.07. The molecule has 0 radical (unpaired) electrons. The maximum absolute atomic E-state index is 13.1. The first-order valence-corrected chi connectivity index (χ1v) is 5.31. The maximum atomic E-state index is 13.1. The third kappa shape index (κ3) is 1.79. The normalized spacial score (nSPS) is 21.9. The number of benzene rings is 1. The summed E-state index contributed by atoms with van der Waals surface area (Å²) in [6.07, 6.45) is 6.07. The number of hydrogen-bond acceptors (Lipinski definition) is 2. The van der Waals surface area contributed by atoms with E-state index in [0.29, 0.717) is 18.4 Å². The van der Waals surface area contributed by atoms with E-state index >= 15 is 0 Å². The molecule has 0 aromatic heterocycles. The van der Waals surface area contributed by atoms with E-state index in [4.69, 9.17) is 6.42 Å². The SMILES string of the molecule is C#CCNC1(C(=O)O)CCc2cc(F)ccc21. The lowest BCUT2D eigenvalue weighted by atomic mass is 9.92. The van der Waals surface area contributed by atoms with Crippen molar-refractivity contribution in [1.82, 2.24) is 5.32 Å². The van der Waals surface area contributed by atoms with Crippen molar-refractivity contribution in [2.24, 2.45) is 0 Å². The van der Waals surface area contributed by atoms with Crippen LogP contribution < -0.4 is 5.32 Å². The molecule has 2 rings (SSSR count). The summed E-state index contributed by atoms with van der Waals surface area (Å²) in [6.45, 7) is 0.170. The number of terminal acetylenes is 1. The summed E-state index contributed by atoms with van der Waals surface area (Å²) in [5.41, 5.74) is 0.175. The first-order valence-electron chi connectivity index (χ1n) is 5.31. The van der Waals surface area contributed by atoms with Gasteiger partial charge in [0.2, 0.25) is 0 Å². The molecule has 3 nitrogen and oxygen atoms in total. The molecule has 0 heterocycles. The molecule has 0 fully saturated rings. The molecule has 1 aromatic carbocycles. The largest absolute Gasteiger partial charge is 0.480 e. The van der Waals surface area contributed by atoms with Gasteiger partial charge in [0.25, 0.3) is 0 Å². The number of carboxylic acids is 1. The minimum atomic E-state index is -1.17. The number of rotatable bonds is 3. The maximum Gasteiger partial charge on any atom is 0.328 e.